The van der Waals surface area contributed by atoms with Gasteiger partial charge in [-0.05, 0) is 30.5 Å². The Bertz CT molecular complexity index is 422. The Morgan fingerprint density at radius 3 is 3.11 bits per heavy atom. The average Bonchev–Trinajstić information content (AvgIpc) is 2.87. The minimum Gasteiger partial charge on any atom is -0.377 e. The lowest BCUT2D eigenvalue weighted by molar-refractivity contribution is -0.121. The maximum atomic E-state index is 12.2. The third-order valence-electron chi connectivity index (χ3n) is 3.30. The molecule has 0 spiro atoms. The summed E-state index contributed by atoms with van der Waals surface area (Å²) in [6.07, 6.45) is 1.78. The molecule has 1 aromatic rings. The molecule has 1 saturated heterocycles. The lowest BCUT2D eigenvalue weighted by Crippen LogP contribution is -2.29. The summed E-state index contributed by atoms with van der Waals surface area (Å²) in [7, 11) is 0. The molecule has 4 heteroatoms. The Balaban J connectivity index is 2.02. The number of alkyl halides is 1. The molecule has 1 aliphatic heterocycles. The van der Waals surface area contributed by atoms with Crippen LogP contribution in [0, 0.1) is 5.92 Å². The van der Waals surface area contributed by atoms with Gasteiger partial charge < -0.3 is 10.1 Å². The van der Waals surface area contributed by atoms with Crippen LogP contribution in [0.15, 0.2) is 24.3 Å². The first-order valence-corrected chi connectivity index (χ1v) is 7.44. The van der Waals surface area contributed by atoms with Crippen molar-refractivity contribution in [1.29, 1.82) is 0 Å². The predicted octanol–water partition coefficient (Wildman–Crippen LogP) is 3.34. The maximum Gasteiger partial charge on any atom is 0.230 e. The van der Waals surface area contributed by atoms with E-state index in [1.807, 2.05) is 24.3 Å². The average molecular weight is 312 g/mol. The summed E-state index contributed by atoms with van der Waals surface area (Å²) in [4.78, 5) is 12.2. The lowest BCUT2D eigenvalue weighted by Gasteiger charge is -2.16. The number of amides is 1. The summed E-state index contributed by atoms with van der Waals surface area (Å²) < 4.78 is 5.55. The zero-order chi connectivity index (χ0) is 13.0. The van der Waals surface area contributed by atoms with Gasteiger partial charge in [0.2, 0.25) is 5.91 Å². The fourth-order valence-corrected chi connectivity index (χ4v) is 2.67. The number of ether oxygens (including phenoxy) is 1. The van der Waals surface area contributed by atoms with Crippen molar-refractivity contribution in [3.63, 3.8) is 0 Å². The normalized spacial score (nSPS) is 23.0. The van der Waals surface area contributed by atoms with E-state index < -0.39 is 0 Å². The number of carbonyl (C=O) groups excluding carboxylic acids is 1. The minimum atomic E-state index is -0.0115. The standard InChI is InChI=1S/C14H18BrNO2/c1-2-13-12(6-7-18-13)14(17)16-11-5-3-4-10(8-11)9-15/h3-5,8,12-13H,2,6-7,9H2,1H3,(H,16,17). The van der Waals surface area contributed by atoms with E-state index in [9.17, 15) is 4.79 Å². The van der Waals surface area contributed by atoms with Gasteiger partial charge >= 0.3 is 0 Å². The molecule has 0 bridgehead atoms. The molecule has 1 aromatic carbocycles. The molecule has 2 atom stereocenters. The van der Waals surface area contributed by atoms with Gasteiger partial charge in [-0.15, -0.1) is 0 Å². The number of anilines is 1. The number of benzene rings is 1. The number of hydrogen-bond donors (Lipinski definition) is 1. The predicted molar refractivity (Wildman–Crippen MR) is 75.8 cm³/mol. The van der Waals surface area contributed by atoms with Gasteiger partial charge in [-0.1, -0.05) is 35.0 Å². The molecule has 0 radical (unpaired) electrons. The number of carbonyl (C=O) groups is 1. The number of nitrogens with one attached hydrogen (secondary N) is 1. The molecule has 1 fully saturated rings. The monoisotopic (exact) mass is 311 g/mol. The van der Waals surface area contributed by atoms with Gasteiger partial charge in [0, 0.05) is 17.6 Å². The van der Waals surface area contributed by atoms with E-state index in [-0.39, 0.29) is 17.9 Å². The molecule has 0 aliphatic carbocycles. The second-order valence-electron chi connectivity index (χ2n) is 4.54. The van der Waals surface area contributed by atoms with Gasteiger partial charge in [-0.2, -0.15) is 0 Å². The van der Waals surface area contributed by atoms with Crippen LogP contribution in [-0.4, -0.2) is 18.6 Å². The molecular formula is C14H18BrNO2. The Morgan fingerprint density at radius 2 is 2.39 bits per heavy atom. The van der Waals surface area contributed by atoms with Crippen LogP contribution in [0.25, 0.3) is 0 Å². The summed E-state index contributed by atoms with van der Waals surface area (Å²) in [6, 6.07) is 7.89. The van der Waals surface area contributed by atoms with Gasteiger partial charge in [0.1, 0.15) is 0 Å². The lowest BCUT2D eigenvalue weighted by atomic mass is 9.98. The fourth-order valence-electron chi connectivity index (χ4n) is 2.32. The van der Waals surface area contributed by atoms with Crippen molar-refractivity contribution in [2.45, 2.75) is 31.2 Å². The fraction of sp³-hybridized carbons (Fsp3) is 0.500. The minimum absolute atomic E-state index is 0.0115. The van der Waals surface area contributed by atoms with Gasteiger partial charge in [-0.25, -0.2) is 0 Å². The highest BCUT2D eigenvalue weighted by molar-refractivity contribution is 9.08. The zero-order valence-corrected chi connectivity index (χ0v) is 12.1. The molecule has 1 N–H and O–H groups in total. The highest BCUT2D eigenvalue weighted by atomic mass is 79.9. The highest BCUT2D eigenvalue weighted by Crippen LogP contribution is 2.25. The summed E-state index contributed by atoms with van der Waals surface area (Å²) >= 11 is 3.41. The Kier molecular flexibility index (Phi) is 4.78. The molecule has 1 aliphatic rings. The first-order valence-electron chi connectivity index (χ1n) is 6.32. The molecule has 0 aromatic heterocycles. The molecular weight excluding hydrogens is 294 g/mol. The Hall–Kier alpha value is -0.870. The Labute approximate surface area is 116 Å². The molecule has 1 amide bonds. The van der Waals surface area contributed by atoms with E-state index in [0.29, 0.717) is 6.61 Å². The molecule has 98 valence electrons. The van der Waals surface area contributed by atoms with E-state index in [1.165, 1.54) is 0 Å². The van der Waals surface area contributed by atoms with Crippen LogP contribution in [0.2, 0.25) is 0 Å². The van der Waals surface area contributed by atoms with Crippen LogP contribution in [0.5, 0.6) is 0 Å². The first kappa shape index (κ1) is 13.6. The van der Waals surface area contributed by atoms with Crippen LogP contribution >= 0.6 is 15.9 Å². The first-order chi connectivity index (χ1) is 8.74. The van der Waals surface area contributed by atoms with Crippen molar-refractivity contribution < 1.29 is 9.53 Å². The van der Waals surface area contributed by atoms with E-state index in [1.54, 1.807) is 0 Å². The molecule has 3 nitrogen and oxygen atoms in total. The molecule has 2 rings (SSSR count). The second kappa shape index (κ2) is 6.34. The summed E-state index contributed by atoms with van der Waals surface area (Å²) in [5, 5.41) is 3.78. The van der Waals surface area contributed by atoms with Gasteiger partial charge in [-0.3, -0.25) is 4.79 Å². The quantitative estimate of drug-likeness (QED) is 0.866. The third kappa shape index (κ3) is 3.12. The van der Waals surface area contributed by atoms with Gasteiger partial charge in [0.15, 0.2) is 0 Å². The van der Waals surface area contributed by atoms with Gasteiger partial charge in [0.05, 0.1) is 12.0 Å². The summed E-state index contributed by atoms with van der Waals surface area (Å²) in [5.41, 5.74) is 2.02. The van der Waals surface area contributed by atoms with Crippen molar-refractivity contribution in [1.82, 2.24) is 0 Å². The van der Waals surface area contributed by atoms with E-state index in [2.05, 4.69) is 28.2 Å². The van der Waals surface area contributed by atoms with E-state index >= 15 is 0 Å². The third-order valence-corrected chi connectivity index (χ3v) is 3.95. The van der Waals surface area contributed by atoms with Crippen LogP contribution in [0.4, 0.5) is 5.69 Å². The number of hydrogen-bond acceptors (Lipinski definition) is 2. The SMILES string of the molecule is CCC1OCCC1C(=O)Nc1cccc(CBr)c1. The highest BCUT2D eigenvalue weighted by Gasteiger charge is 2.32. The topological polar surface area (TPSA) is 38.3 Å². The Morgan fingerprint density at radius 1 is 1.56 bits per heavy atom. The van der Waals surface area contributed by atoms with Gasteiger partial charge in [0.25, 0.3) is 0 Å². The largest absolute Gasteiger partial charge is 0.377 e. The van der Waals surface area contributed by atoms with Crippen molar-refractivity contribution in [3.8, 4) is 0 Å². The zero-order valence-electron chi connectivity index (χ0n) is 10.5. The number of halogens is 1. The molecule has 0 saturated carbocycles. The van der Waals surface area contributed by atoms with Crippen molar-refractivity contribution in [2.75, 3.05) is 11.9 Å². The maximum absolute atomic E-state index is 12.2. The van der Waals surface area contributed by atoms with Crippen LogP contribution < -0.4 is 5.32 Å². The molecule has 2 unspecified atom stereocenters. The van der Waals surface area contributed by atoms with Crippen molar-refractivity contribution in [3.05, 3.63) is 29.8 Å². The van der Waals surface area contributed by atoms with Crippen LogP contribution in [0.1, 0.15) is 25.3 Å². The second-order valence-corrected chi connectivity index (χ2v) is 5.10. The van der Waals surface area contributed by atoms with E-state index in [0.717, 1.165) is 29.4 Å². The van der Waals surface area contributed by atoms with Crippen molar-refractivity contribution in [2.24, 2.45) is 5.92 Å². The summed E-state index contributed by atoms with van der Waals surface area (Å²) in [6.45, 7) is 2.75. The van der Waals surface area contributed by atoms with E-state index in [4.69, 9.17) is 4.74 Å². The number of rotatable bonds is 4. The summed E-state index contributed by atoms with van der Waals surface area (Å²) in [5.74, 6) is 0.0636. The molecule has 18 heavy (non-hydrogen) atoms. The molecule has 1 heterocycles. The smallest absolute Gasteiger partial charge is 0.230 e. The van der Waals surface area contributed by atoms with Crippen LogP contribution in [-0.2, 0) is 14.9 Å². The van der Waals surface area contributed by atoms with Crippen molar-refractivity contribution >= 4 is 27.5 Å². The van der Waals surface area contributed by atoms with Crippen LogP contribution in [0.3, 0.4) is 0 Å².